The first-order chi connectivity index (χ1) is 11.5. The zero-order chi connectivity index (χ0) is 17.2. The van der Waals surface area contributed by atoms with Gasteiger partial charge in [-0.25, -0.2) is 8.42 Å². The van der Waals surface area contributed by atoms with Crippen LogP contribution < -0.4 is 0 Å². The van der Waals surface area contributed by atoms with E-state index in [-0.39, 0.29) is 35.2 Å². The Bertz CT molecular complexity index is 683. The number of nitrogens with zero attached hydrogens (tertiary/aromatic N) is 4. The average molecular weight is 373 g/mol. The lowest BCUT2D eigenvalue weighted by molar-refractivity contribution is -0.132. The fraction of sp³-hybridized carbons (Fsp3) is 0.800. The Hall–Kier alpha value is -1.09. The van der Waals surface area contributed by atoms with Crippen molar-refractivity contribution in [1.29, 1.82) is 0 Å². The van der Waals surface area contributed by atoms with Crippen molar-refractivity contribution in [1.82, 2.24) is 19.7 Å². The van der Waals surface area contributed by atoms with E-state index in [1.165, 1.54) is 11.8 Å². The van der Waals surface area contributed by atoms with Gasteiger partial charge in [-0.05, 0) is 26.2 Å². The summed E-state index contributed by atoms with van der Waals surface area (Å²) in [6.45, 7) is 2.76. The van der Waals surface area contributed by atoms with E-state index in [4.69, 9.17) is 0 Å². The molecule has 1 saturated carbocycles. The van der Waals surface area contributed by atoms with Gasteiger partial charge >= 0.3 is 0 Å². The number of sulfone groups is 1. The molecular formula is C15H24N4O3S2. The number of carbonyl (C=O) groups excluding carboxylic acids is 1. The van der Waals surface area contributed by atoms with Crippen LogP contribution in [0.4, 0.5) is 0 Å². The van der Waals surface area contributed by atoms with Gasteiger partial charge in [0.25, 0.3) is 0 Å². The Morgan fingerprint density at radius 3 is 2.71 bits per heavy atom. The molecule has 1 aromatic heterocycles. The average Bonchev–Trinajstić information content (AvgIpc) is 3.27. The van der Waals surface area contributed by atoms with Gasteiger partial charge in [0.05, 0.1) is 17.3 Å². The van der Waals surface area contributed by atoms with Crippen molar-refractivity contribution in [2.75, 3.05) is 17.3 Å². The van der Waals surface area contributed by atoms with E-state index < -0.39 is 9.84 Å². The lowest BCUT2D eigenvalue weighted by Crippen LogP contribution is -2.47. The van der Waals surface area contributed by atoms with Crippen LogP contribution in [0.25, 0.3) is 0 Å². The SMILES string of the molecule is CCn1cnnc1SCC(=O)N(C1CCCC1)C1CCS(=O)(=O)C1. The van der Waals surface area contributed by atoms with Gasteiger partial charge in [-0.15, -0.1) is 10.2 Å². The Morgan fingerprint density at radius 2 is 2.08 bits per heavy atom. The molecule has 7 nitrogen and oxygen atoms in total. The smallest absolute Gasteiger partial charge is 0.233 e. The number of rotatable bonds is 6. The van der Waals surface area contributed by atoms with Gasteiger partial charge in [-0.3, -0.25) is 4.79 Å². The van der Waals surface area contributed by atoms with Crippen molar-refractivity contribution >= 4 is 27.5 Å². The maximum atomic E-state index is 12.9. The highest BCUT2D eigenvalue weighted by Gasteiger charge is 2.38. The summed E-state index contributed by atoms with van der Waals surface area (Å²) >= 11 is 1.38. The second-order valence-corrected chi connectivity index (χ2v) is 9.66. The van der Waals surface area contributed by atoms with E-state index in [1.54, 1.807) is 6.33 Å². The number of aromatic nitrogens is 3. The van der Waals surface area contributed by atoms with Crippen LogP contribution in [-0.4, -0.2) is 63.3 Å². The highest BCUT2D eigenvalue weighted by atomic mass is 32.2. The van der Waals surface area contributed by atoms with Crippen molar-refractivity contribution in [2.45, 2.75) is 62.8 Å². The van der Waals surface area contributed by atoms with Gasteiger partial charge < -0.3 is 9.47 Å². The molecule has 134 valence electrons. The molecule has 1 amide bonds. The van der Waals surface area contributed by atoms with E-state index in [1.807, 2.05) is 16.4 Å². The molecule has 1 saturated heterocycles. The van der Waals surface area contributed by atoms with Crippen LogP contribution in [0.5, 0.6) is 0 Å². The zero-order valence-corrected chi connectivity index (χ0v) is 15.6. The summed E-state index contributed by atoms with van der Waals surface area (Å²) in [4.78, 5) is 14.8. The van der Waals surface area contributed by atoms with Gasteiger partial charge in [-0.2, -0.15) is 0 Å². The molecule has 9 heteroatoms. The monoisotopic (exact) mass is 372 g/mol. The first-order valence-corrected chi connectivity index (χ1v) is 11.3. The molecule has 0 spiro atoms. The summed E-state index contributed by atoms with van der Waals surface area (Å²) in [7, 11) is -3.00. The minimum absolute atomic E-state index is 0.0275. The van der Waals surface area contributed by atoms with Crippen molar-refractivity contribution < 1.29 is 13.2 Å². The molecule has 2 aliphatic rings. The van der Waals surface area contributed by atoms with Crippen LogP contribution >= 0.6 is 11.8 Å². The first kappa shape index (κ1) is 17.7. The molecule has 1 unspecified atom stereocenters. The number of hydrogen-bond acceptors (Lipinski definition) is 6. The van der Waals surface area contributed by atoms with Crippen LogP contribution in [0.2, 0.25) is 0 Å². The van der Waals surface area contributed by atoms with Crippen LogP contribution in [0.1, 0.15) is 39.0 Å². The summed E-state index contributed by atoms with van der Waals surface area (Å²) in [5.74, 6) is 0.627. The molecule has 2 heterocycles. The van der Waals surface area contributed by atoms with E-state index >= 15 is 0 Å². The molecular weight excluding hydrogens is 348 g/mol. The van der Waals surface area contributed by atoms with Gasteiger partial charge in [-0.1, -0.05) is 24.6 Å². The van der Waals surface area contributed by atoms with E-state index in [9.17, 15) is 13.2 Å². The highest BCUT2D eigenvalue weighted by molar-refractivity contribution is 7.99. The lowest BCUT2D eigenvalue weighted by atomic mass is 10.1. The minimum atomic E-state index is -3.00. The third-order valence-corrected chi connectivity index (χ3v) is 7.57. The zero-order valence-electron chi connectivity index (χ0n) is 13.9. The maximum Gasteiger partial charge on any atom is 0.233 e. The van der Waals surface area contributed by atoms with Crippen molar-refractivity contribution in [3.8, 4) is 0 Å². The van der Waals surface area contributed by atoms with Crippen LogP contribution in [-0.2, 0) is 21.2 Å². The summed E-state index contributed by atoms with van der Waals surface area (Å²) in [5, 5.41) is 8.66. The maximum absolute atomic E-state index is 12.9. The van der Waals surface area contributed by atoms with Crippen molar-refractivity contribution in [3.63, 3.8) is 0 Å². The molecule has 2 fully saturated rings. The van der Waals surface area contributed by atoms with Crippen molar-refractivity contribution in [3.05, 3.63) is 6.33 Å². The second kappa shape index (κ2) is 7.43. The fourth-order valence-electron chi connectivity index (χ4n) is 3.66. The Kier molecular flexibility index (Phi) is 5.49. The van der Waals surface area contributed by atoms with E-state index in [0.29, 0.717) is 6.42 Å². The quantitative estimate of drug-likeness (QED) is 0.701. The number of carbonyl (C=O) groups is 1. The van der Waals surface area contributed by atoms with Crippen molar-refractivity contribution in [2.24, 2.45) is 0 Å². The van der Waals surface area contributed by atoms with Crippen LogP contribution in [0.15, 0.2) is 11.5 Å². The van der Waals surface area contributed by atoms with Gasteiger partial charge in [0.2, 0.25) is 5.91 Å². The molecule has 0 radical (unpaired) electrons. The molecule has 1 aliphatic carbocycles. The molecule has 1 atom stereocenters. The van der Waals surface area contributed by atoms with E-state index in [2.05, 4.69) is 10.2 Å². The van der Waals surface area contributed by atoms with Crippen LogP contribution in [0.3, 0.4) is 0 Å². The predicted octanol–water partition coefficient (Wildman–Crippen LogP) is 1.35. The summed E-state index contributed by atoms with van der Waals surface area (Å²) in [6.07, 6.45) is 6.43. The molecule has 1 aliphatic heterocycles. The molecule has 0 aromatic carbocycles. The molecule has 0 bridgehead atoms. The van der Waals surface area contributed by atoms with Gasteiger partial charge in [0.1, 0.15) is 6.33 Å². The number of hydrogen-bond donors (Lipinski definition) is 0. The lowest BCUT2D eigenvalue weighted by Gasteiger charge is -2.34. The largest absolute Gasteiger partial charge is 0.335 e. The van der Waals surface area contributed by atoms with Gasteiger partial charge in [0.15, 0.2) is 15.0 Å². The fourth-order valence-corrected chi connectivity index (χ4v) is 6.22. The highest BCUT2D eigenvalue weighted by Crippen LogP contribution is 2.30. The summed E-state index contributed by atoms with van der Waals surface area (Å²) < 4.78 is 25.6. The summed E-state index contributed by atoms with van der Waals surface area (Å²) in [5.41, 5.74) is 0. The van der Waals surface area contributed by atoms with E-state index in [0.717, 1.165) is 37.4 Å². The summed E-state index contributed by atoms with van der Waals surface area (Å²) in [6, 6.07) is 0.0377. The Labute approximate surface area is 147 Å². The van der Waals surface area contributed by atoms with Crippen LogP contribution in [0, 0.1) is 0 Å². The topological polar surface area (TPSA) is 85.2 Å². The predicted molar refractivity (Wildman–Crippen MR) is 92.6 cm³/mol. The second-order valence-electron chi connectivity index (χ2n) is 6.48. The standard InChI is InChI=1S/C15H24N4O3S2/c1-2-18-11-16-17-15(18)23-9-14(20)19(12-5-3-4-6-12)13-7-8-24(21,22)10-13/h11-13H,2-10H2,1H3. The number of aryl methyl sites for hydroxylation is 1. The minimum Gasteiger partial charge on any atom is -0.335 e. The molecule has 3 rings (SSSR count). The third kappa shape index (κ3) is 3.93. The van der Waals surface area contributed by atoms with Gasteiger partial charge in [0, 0.05) is 18.6 Å². The Morgan fingerprint density at radius 1 is 1.33 bits per heavy atom. The number of thioether (sulfide) groups is 1. The third-order valence-electron chi connectivity index (χ3n) is 4.85. The normalized spacial score (nSPS) is 23.6. The molecule has 24 heavy (non-hydrogen) atoms. The first-order valence-electron chi connectivity index (χ1n) is 8.52. The molecule has 1 aromatic rings. The number of amides is 1. The molecule has 0 N–H and O–H groups in total. The Balaban J connectivity index is 1.69.